The van der Waals surface area contributed by atoms with Crippen LogP contribution in [0, 0.1) is 0 Å². The van der Waals surface area contributed by atoms with Crippen molar-refractivity contribution < 1.29 is 9.21 Å². The Hall–Kier alpha value is -2.54. The molecule has 0 aliphatic carbocycles. The average Bonchev–Trinajstić information content (AvgIpc) is 3.29. The molecule has 0 spiro atoms. The molecule has 1 N–H and O–H groups in total. The Morgan fingerprint density at radius 2 is 2.00 bits per heavy atom. The third kappa shape index (κ3) is 4.76. The van der Waals surface area contributed by atoms with Gasteiger partial charge in [0.25, 0.3) is 0 Å². The highest BCUT2D eigenvalue weighted by molar-refractivity contribution is 7.99. The van der Waals surface area contributed by atoms with E-state index >= 15 is 0 Å². The quantitative estimate of drug-likeness (QED) is 0.615. The number of amides is 1. The van der Waals surface area contributed by atoms with Crippen LogP contribution in [0.2, 0.25) is 0 Å². The third-order valence-corrected chi connectivity index (χ3v) is 4.79. The number of thioether (sulfide) groups is 1. The summed E-state index contributed by atoms with van der Waals surface area (Å²) in [4.78, 5) is 12.2. The van der Waals surface area contributed by atoms with Gasteiger partial charge in [-0.3, -0.25) is 9.36 Å². The van der Waals surface area contributed by atoms with E-state index in [4.69, 9.17) is 4.42 Å². The van der Waals surface area contributed by atoms with Gasteiger partial charge in [-0.1, -0.05) is 55.9 Å². The predicted octanol–water partition coefficient (Wildman–Crippen LogP) is 3.45. The lowest BCUT2D eigenvalue weighted by atomic mass is 10.2. The molecule has 3 aromatic rings. The number of benzene rings is 1. The van der Waals surface area contributed by atoms with Crippen molar-refractivity contribution in [2.24, 2.45) is 0 Å². The smallest absolute Gasteiger partial charge is 0.230 e. The number of furan rings is 1. The van der Waals surface area contributed by atoms with Crippen LogP contribution in [0.5, 0.6) is 0 Å². The van der Waals surface area contributed by atoms with Crippen molar-refractivity contribution in [2.45, 2.75) is 38.0 Å². The van der Waals surface area contributed by atoms with Crippen molar-refractivity contribution in [3.05, 3.63) is 65.9 Å². The van der Waals surface area contributed by atoms with E-state index in [2.05, 4.69) is 29.4 Å². The molecule has 3 rings (SSSR count). The van der Waals surface area contributed by atoms with Crippen molar-refractivity contribution in [1.82, 2.24) is 20.1 Å². The highest BCUT2D eigenvalue weighted by atomic mass is 32.2. The maximum absolute atomic E-state index is 12.2. The second-order valence-electron chi connectivity index (χ2n) is 6.21. The Morgan fingerprint density at radius 3 is 2.69 bits per heavy atom. The molecule has 0 aliphatic rings. The maximum atomic E-state index is 12.2. The van der Waals surface area contributed by atoms with Gasteiger partial charge in [-0.2, -0.15) is 0 Å². The zero-order chi connectivity index (χ0) is 18.4. The van der Waals surface area contributed by atoms with Gasteiger partial charge in [0, 0.05) is 12.5 Å². The van der Waals surface area contributed by atoms with Crippen molar-refractivity contribution in [1.29, 1.82) is 0 Å². The zero-order valence-electron chi connectivity index (χ0n) is 14.9. The summed E-state index contributed by atoms with van der Waals surface area (Å²) in [6.07, 6.45) is 1.65. The highest BCUT2D eigenvalue weighted by Crippen LogP contribution is 2.22. The number of nitrogens with zero attached hydrogens (tertiary/aromatic N) is 3. The minimum atomic E-state index is -0.0301. The van der Waals surface area contributed by atoms with Crippen LogP contribution >= 0.6 is 11.8 Å². The van der Waals surface area contributed by atoms with E-state index < -0.39 is 0 Å². The molecule has 0 fully saturated rings. The lowest BCUT2D eigenvalue weighted by Gasteiger charge is -2.10. The molecule has 0 aliphatic heterocycles. The van der Waals surface area contributed by atoms with E-state index in [-0.39, 0.29) is 11.8 Å². The molecule has 0 saturated heterocycles. The molecule has 0 atom stereocenters. The lowest BCUT2D eigenvalue weighted by molar-refractivity contribution is -0.118. The topological polar surface area (TPSA) is 73.0 Å². The monoisotopic (exact) mass is 370 g/mol. The number of rotatable bonds is 8. The molecule has 136 valence electrons. The van der Waals surface area contributed by atoms with Crippen LogP contribution in [-0.2, 0) is 17.9 Å². The van der Waals surface area contributed by atoms with Crippen LogP contribution in [0.3, 0.4) is 0 Å². The number of carbonyl (C=O) groups is 1. The molecule has 7 heteroatoms. The van der Waals surface area contributed by atoms with Crippen molar-refractivity contribution >= 4 is 17.7 Å². The maximum Gasteiger partial charge on any atom is 0.230 e. The fourth-order valence-corrected chi connectivity index (χ4v) is 3.29. The van der Waals surface area contributed by atoms with E-state index in [1.165, 1.54) is 11.8 Å². The molecule has 0 unspecified atom stereocenters. The minimum Gasteiger partial charge on any atom is -0.467 e. The molecule has 0 saturated carbocycles. The van der Waals surface area contributed by atoms with Gasteiger partial charge in [-0.05, 0) is 17.7 Å². The van der Waals surface area contributed by atoms with Gasteiger partial charge in [0.15, 0.2) is 5.16 Å². The van der Waals surface area contributed by atoms with E-state index in [0.29, 0.717) is 18.8 Å². The SMILES string of the molecule is CC(C)c1nnc(SCC(=O)NCc2ccccc2)n1Cc1ccco1. The molecule has 2 aromatic heterocycles. The van der Waals surface area contributed by atoms with Crippen LogP contribution in [0.4, 0.5) is 0 Å². The predicted molar refractivity (Wildman–Crippen MR) is 101 cm³/mol. The van der Waals surface area contributed by atoms with E-state index in [0.717, 1.165) is 22.3 Å². The molecule has 2 heterocycles. The summed E-state index contributed by atoms with van der Waals surface area (Å²) >= 11 is 1.39. The molecule has 6 nitrogen and oxygen atoms in total. The van der Waals surface area contributed by atoms with Gasteiger partial charge in [-0.25, -0.2) is 0 Å². The molecule has 1 amide bonds. The van der Waals surface area contributed by atoms with E-state index in [1.807, 2.05) is 47.0 Å². The van der Waals surface area contributed by atoms with Gasteiger partial charge in [0.2, 0.25) is 5.91 Å². The average molecular weight is 370 g/mol. The standard InChI is InChI=1S/C19H22N4O2S/c1-14(2)18-21-22-19(23(18)12-16-9-6-10-25-16)26-13-17(24)20-11-15-7-4-3-5-8-15/h3-10,14H,11-13H2,1-2H3,(H,20,24). The van der Waals surface area contributed by atoms with Crippen molar-refractivity contribution in [3.8, 4) is 0 Å². The molecule has 0 radical (unpaired) electrons. The normalized spacial score (nSPS) is 11.0. The Bertz CT molecular complexity index is 829. The lowest BCUT2D eigenvalue weighted by Crippen LogP contribution is -2.24. The molecule has 1 aromatic carbocycles. The largest absolute Gasteiger partial charge is 0.467 e. The van der Waals surface area contributed by atoms with Gasteiger partial charge in [-0.15, -0.1) is 10.2 Å². The molecule has 26 heavy (non-hydrogen) atoms. The Balaban J connectivity index is 1.61. The Labute approximate surface area is 157 Å². The summed E-state index contributed by atoms with van der Waals surface area (Å²) in [6.45, 7) is 5.23. The number of carbonyl (C=O) groups excluding carboxylic acids is 1. The summed E-state index contributed by atoms with van der Waals surface area (Å²) in [7, 11) is 0. The Morgan fingerprint density at radius 1 is 1.19 bits per heavy atom. The molecule has 0 bridgehead atoms. The highest BCUT2D eigenvalue weighted by Gasteiger charge is 2.17. The second kappa shape index (κ2) is 8.71. The van der Waals surface area contributed by atoms with Gasteiger partial charge in [0.1, 0.15) is 11.6 Å². The fourth-order valence-electron chi connectivity index (χ4n) is 2.52. The van der Waals surface area contributed by atoms with Crippen LogP contribution < -0.4 is 5.32 Å². The summed E-state index contributed by atoms with van der Waals surface area (Å²) in [5, 5.41) is 12.2. The van der Waals surface area contributed by atoms with Crippen LogP contribution in [-0.4, -0.2) is 26.4 Å². The first-order chi connectivity index (χ1) is 12.6. The number of nitrogens with one attached hydrogen (secondary N) is 1. The summed E-state index contributed by atoms with van der Waals surface area (Å²) in [5.74, 6) is 2.22. The summed E-state index contributed by atoms with van der Waals surface area (Å²) in [6, 6.07) is 13.6. The Kier molecular flexibility index (Phi) is 6.12. The zero-order valence-corrected chi connectivity index (χ0v) is 15.7. The fraction of sp³-hybridized carbons (Fsp3) is 0.316. The van der Waals surface area contributed by atoms with Gasteiger partial charge in [0.05, 0.1) is 18.6 Å². The number of aromatic nitrogens is 3. The van der Waals surface area contributed by atoms with Crippen molar-refractivity contribution in [3.63, 3.8) is 0 Å². The van der Waals surface area contributed by atoms with Crippen LogP contribution in [0.25, 0.3) is 0 Å². The number of hydrogen-bond donors (Lipinski definition) is 1. The number of hydrogen-bond acceptors (Lipinski definition) is 5. The van der Waals surface area contributed by atoms with Crippen molar-refractivity contribution in [2.75, 3.05) is 5.75 Å². The van der Waals surface area contributed by atoms with Gasteiger partial charge >= 0.3 is 0 Å². The summed E-state index contributed by atoms with van der Waals surface area (Å²) < 4.78 is 7.46. The summed E-state index contributed by atoms with van der Waals surface area (Å²) in [5.41, 5.74) is 1.08. The van der Waals surface area contributed by atoms with Gasteiger partial charge < -0.3 is 9.73 Å². The van der Waals surface area contributed by atoms with Crippen LogP contribution in [0.15, 0.2) is 58.3 Å². The molecular weight excluding hydrogens is 348 g/mol. The molecular formula is C19H22N4O2S. The third-order valence-electron chi connectivity index (χ3n) is 3.82. The minimum absolute atomic E-state index is 0.0301. The van der Waals surface area contributed by atoms with E-state index in [9.17, 15) is 4.79 Å². The van der Waals surface area contributed by atoms with E-state index in [1.54, 1.807) is 6.26 Å². The first-order valence-corrected chi connectivity index (χ1v) is 9.51. The second-order valence-corrected chi connectivity index (χ2v) is 7.15. The van der Waals surface area contributed by atoms with Crippen LogP contribution in [0.1, 0.15) is 36.9 Å². The first kappa shape index (κ1) is 18.3. The first-order valence-electron chi connectivity index (χ1n) is 8.52.